The molecule has 0 aromatic carbocycles. The van der Waals surface area contributed by atoms with Gasteiger partial charge in [0.15, 0.2) is 0 Å². The lowest BCUT2D eigenvalue weighted by Gasteiger charge is -2.20. The predicted octanol–water partition coefficient (Wildman–Crippen LogP) is 1.97. The van der Waals surface area contributed by atoms with Gasteiger partial charge in [-0.2, -0.15) is 23.5 Å². The molecule has 0 amide bonds. The van der Waals surface area contributed by atoms with E-state index in [0.717, 1.165) is 24.0 Å². The molecule has 1 atom stereocenters. The van der Waals surface area contributed by atoms with Gasteiger partial charge in [0.25, 0.3) is 0 Å². The summed E-state index contributed by atoms with van der Waals surface area (Å²) in [6.45, 7) is 8.29. The van der Waals surface area contributed by atoms with E-state index < -0.39 is 0 Å². The van der Waals surface area contributed by atoms with Crippen molar-refractivity contribution < 1.29 is 0 Å². The molecule has 18 heavy (non-hydrogen) atoms. The number of thioether (sulfide) groups is 2. The Morgan fingerprint density at radius 3 is 2.89 bits per heavy atom. The molecule has 1 aliphatic rings. The van der Waals surface area contributed by atoms with E-state index in [1.807, 2.05) is 10.9 Å². The van der Waals surface area contributed by atoms with E-state index in [1.54, 1.807) is 0 Å². The number of rotatable bonds is 4. The molecule has 0 spiro atoms. The molecule has 0 bridgehead atoms. The van der Waals surface area contributed by atoms with Gasteiger partial charge in [-0.05, 0) is 20.8 Å². The number of nitrogens with one attached hydrogen (secondary N) is 1. The first-order chi connectivity index (χ1) is 8.55. The Labute approximate surface area is 118 Å². The van der Waals surface area contributed by atoms with Crippen molar-refractivity contribution in [3.63, 3.8) is 0 Å². The van der Waals surface area contributed by atoms with Gasteiger partial charge in [0.05, 0.1) is 17.4 Å². The van der Waals surface area contributed by atoms with E-state index in [4.69, 9.17) is 0 Å². The van der Waals surface area contributed by atoms with E-state index in [-0.39, 0.29) is 5.54 Å². The third-order valence-electron chi connectivity index (χ3n) is 2.79. The lowest BCUT2D eigenvalue weighted by Crippen LogP contribution is -2.28. The Balaban J connectivity index is 1.74. The molecule has 0 radical (unpaired) electrons. The van der Waals surface area contributed by atoms with E-state index >= 15 is 0 Å². The van der Waals surface area contributed by atoms with Gasteiger partial charge in [-0.1, -0.05) is 5.21 Å². The molecular formula is C12H22N4S2. The maximum absolute atomic E-state index is 4.20. The Morgan fingerprint density at radius 1 is 1.44 bits per heavy atom. The lowest BCUT2D eigenvalue weighted by atomic mass is 10.1. The van der Waals surface area contributed by atoms with Gasteiger partial charge in [-0.25, -0.2) is 4.68 Å². The van der Waals surface area contributed by atoms with Gasteiger partial charge in [0.2, 0.25) is 0 Å². The maximum Gasteiger partial charge on any atom is 0.0965 e. The minimum Gasteiger partial charge on any atom is -0.310 e. The molecule has 1 fully saturated rings. The molecule has 1 aliphatic heterocycles. The zero-order chi connectivity index (χ0) is 13.0. The largest absolute Gasteiger partial charge is 0.310 e. The van der Waals surface area contributed by atoms with E-state index in [1.165, 1.54) is 17.3 Å². The fourth-order valence-electron chi connectivity index (χ4n) is 1.72. The van der Waals surface area contributed by atoms with Crippen LogP contribution in [0.1, 0.15) is 26.5 Å². The van der Waals surface area contributed by atoms with Crippen molar-refractivity contribution in [3.8, 4) is 0 Å². The Morgan fingerprint density at radius 2 is 2.28 bits per heavy atom. The van der Waals surface area contributed by atoms with E-state index in [2.05, 4.69) is 59.9 Å². The van der Waals surface area contributed by atoms with Gasteiger partial charge in [0.1, 0.15) is 0 Å². The monoisotopic (exact) mass is 286 g/mol. The van der Waals surface area contributed by atoms with Crippen molar-refractivity contribution in [3.05, 3.63) is 11.9 Å². The zero-order valence-corrected chi connectivity index (χ0v) is 13.0. The second kappa shape index (κ2) is 6.30. The van der Waals surface area contributed by atoms with Crippen LogP contribution in [0.25, 0.3) is 0 Å². The summed E-state index contributed by atoms with van der Waals surface area (Å²) in [4.78, 5) is 0. The Hall–Kier alpha value is -0.200. The Kier molecular flexibility index (Phi) is 4.98. The smallest absolute Gasteiger partial charge is 0.0965 e. The second-order valence-electron chi connectivity index (χ2n) is 5.52. The molecule has 2 rings (SSSR count). The van der Waals surface area contributed by atoms with Crippen molar-refractivity contribution in [2.45, 2.75) is 38.1 Å². The van der Waals surface area contributed by atoms with Crippen LogP contribution in [-0.4, -0.2) is 44.0 Å². The molecule has 0 saturated carbocycles. The van der Waals surface area contributed by atoms with Crippen LogP contribution >= 0.6 is 23.5 Å². The van der Waals surface area contributed by atoms with Crippen LogP contribution in [0.3, 0.4) is 0 Å². The molecule has 4 nitrogen and oxygen atoms in total. The number of aromatic nitrogens is 3. The minimum atomic E-state index is 0.0150. The van der Waals surface area contributed by atoms with E-state index in [0.29, 0.717) is 0 Å². The summed E-state index contributed by atoms with van der Waals surface area (Å²) in [7, 11) is 0. The van der Waals surface area contributed by atoms with Crippen LogP contribution in [-0.2, 0) is 12.1 Å². The first-order valence-corrected chi connectivity index (χ1v) is 8.58. The highest BCUT2D eigenvalue weighted by atomic mass is 32.2. The van der Waals surface area contributed by atoms with Gasteiger partial charge in [0, 0.05) is 35.6 Å². The number of hydrogen-bond donors (Lipinski definition) is 1. The van der Waals surface area contributed by atoms with Gasteiger partial charge < -0.3 is 5.32 Å². The predicted molar refractivity (Wildman–Crippen MR) is 80.3 cm³/mol. The molecule has 1 aromatic heterocycles. The highest BCUT2D eigenvalue weighted by Gasteiger charge is 2.16. The minimum absolute atomic E-state index is 0.0150. The van der Waals surface area contributed by atoms with Crippen molar-refractivity contribution >= 4 is 23.5 Å². The maximum atomic E-state index is 4.20. The van der Waals surface area contributed by atoms with Crippen LogP contribution in [0, 0.1) is 0 Å². The van der Waals surface area contributed by atoms with Crippen molar-refractivity contribution in [1.29, 1.82) is 0 Å². The number of hydrogen-bond acceptors (Lipinski definition) is 5. The highest BCUT2D eigenvalue weighted by Crippen LogP contribution is 2.23. The normalized spacial score (nSPS) is 21.2. The average molecular weight is 286 g/mol. The van der Waals surface area contributed by atoms with Crippen LogP contribution in [0.4, 0.5) is 0 Å². The van der Waals surface area contributed by atoms with Crippen molar-refractivity contribution in [1.82, 2.24) is 20.3 Å². The van der Waals surface area contributed by atoms with Gasteiger partial charge >= 0.3 is 0 Å². The van der Waals surface area contributed by atoms with Crippen LogP contribution in [0.15, 0.2) is 6.20 Å². The fourth-order valence-corrected chi connectivity index (χ4v) is 4.37. The SMILES string of the molecule is CC(C)(C)n1cc(CNCC2CSCCS2)nn1. The van der Waals surface area contributed by atoms with Crippen LogP contribution in [0.2, 0.25) is 0 Å². The molecule has 6 heteroatoms. The first kappa shape index (κ1) is 14.2. The molecule has 0 aliphatic carbocycles. The van der Waals surface area contributed by atoms with Crippen LogP contribution < -0.4 is 5.32 Å². The summed E-state index contributed by atoms with van der Waals surface area (Å²) in [6, 6.07) is 0. The fraction of sp³-hybridized carbons (Fsp3) is 0.833. The standard InChI is InChI=1S/C12H22N4S2/c1-12(2,3)16-8-10(14-15-16)6-13-7-11-9-17-4-5-18-11/h8,11,13H,4-7,9H2,1-3H3. The van der Waals surface area contributed by atoms with Gasteiger partial charge in [-0.15, -0.1) is 5.10 Å². The quantitative estimate of drug-likeness (QED) is 0.916. The summed E-state index contributed by atoms with van der Waals surface area (Å²) in [5.41, 5.74) is 1.04. The highest BCUT2D eigenvalue weighted by molar-refractivity contribution is 8.06. The summed E-state index contributed by atoms with van der Waals surface area (Å²) in [6.07, 6.45) is 2.04. The molecule has 1 aromatic rings. The van der Waals surface area contributed by atoms with Gasteiger partial charge in [-0.3, -0.25) is 0 Å². The molecular weight excluding hydrogens is 264 g/mol. The number of nitrogens with zero attached hydrogens (tertiary/aromatic N) is 3. The summed E-state index contributed by atoms with van der Waals surface area (Å²) in [5.74, 6) is 3.87. The topological polar surface area (TPSA) is 42.7 Å². The average Bonchev–Trinajstić information content (AvgIpc) is 2.79. The van der Waals surface area contributed by atoms with Crippen molar-refractivity contribution in [2.24, 2.45) is 0 Å². The third-order valence-corrected chi connectivity index (χ3v) is 5.64. The van der Waals surface area contributed by atoms with Crippen molar-refractivity contribution in [2.75, 3.05) is 23.8 Å². The third kappa shape index (κ3) is 4.17. The summed E-state index contributed by atoms with van der Waals surface area (Å²) >= 11 is 4.15. The summed E-state index contributed by atoms with van der Waals surface area (Å²) < 4.78 is 1.93. The molecule has 102 valence electrons. The molecule has 1 unspecified atom stereocenters. The van der Waals surface area contributed by atoms with E-state index in [9.17, 15) is 0 Å². The molecule has 2 heterocycles. The zero-order valence-electron chi connectivity index (χ0n) is 11.3. The first-order valence-electron chi connectivity index (χ1n) is 6.37. The molecule has 1 saturated heterocycles. The lowest BCUT2D eigenvalue weighted by molar-refractivity contribution is 0.347. The second-order valence-corrected chi connectivity index (χ2v) is 8.08. The Bertz CT molecular complexity index is 366. The van der Waals surface area contributed by atoms with Crippen LogP contribution in [0.5, 0.6) is 0 Å². The summed E-state index contributed by atoms with van der Waals surface area (Å²) in [5, 5.41) is 12.6. The molecule has 1 N–H and O–H groups in total.